The molecule has 0 N–H and O–H groups in total. The van der Waals surface area contributed by atoms with Gasteiger partial charge in [-0.2, -0.15) is 0 Å². The topological polar surface area (TPSA) is 87.0 Å². The molecule has 8 heteroatoms. The molecular weight excluding hydrogens is 388 g/mol. The lowest BCUT2D eigenvalue weighted by Crippen LogP contribution is -2.09. The zero-order valence-corrected chi connectivity index (χ0v) is 17.2. The molecule has 0 saturated heterocycles. The molecule has 0 spiro atoms. The third-order valence-electron chi connectivity index (χ3n) is 4.15. The average Bonchev–Trinajstić information content (AvgIpc) is 3.16. The normalized spacial score (nSPS) is 10.7. The van der Waals surface area contributed by atoms with E-state index in [1.807, 2.05) is 29.7 Å². The number of aromatic nitrogens is 4. The van der Waals surface area contributed by atoms with E-state index in [0.29, 0.717) is 23.9 Å². The minimum absolute atomic E-state index is 0.0459. The summed E-state index contributed by atoms with van der Waals surface area (Å²) in [7, 11) is 0. The first-order chi connectivity index (χ1) is 14.1. The molecule has 3 rings (SSSR count). The van der Waals surface area contributed by atoms with Crippen LogP contribution in [0.15, 0.2) is 53.9 Å². The molecule has 1 aromatic carbocycles. The Morgan fingerprint density at radius 3 is 2.72 bits per heavy atom. The Labute approximate surface area is 173 Å². The Morgan fingerprint density at radius 2 is 2.00 bits per heavy atom. The van der Waals surface area contributed by atoms with Gasteiger partial charge in [0, 0.05) is 30.9 Å². The predicted octanol–water partition coefficient (Wildman–Crippen LogP) is 3.44. The first-order valence-corrected chi connectivity index (χ1v) is 10.3. The molecule has 0 radical (unpaired) electrons. The highest BCUT2D eigenvalue weighted by atomic mass is 32.2. The third-order valence-corrected chi connectivity index (χ3v) is 5.18. The lowest BCUT2D eigenvalue weighted by molar-refractivity contribution is -0.116. The van der Waals surface area contributed by atoms with E-state index in [0.717, 1.165) is 17.0 Å². The van der Waals surface area contributed by atoms with Crippen LogP contribution in [0.3, 0.4) is 0 Å². The van der Waals surface area contributed by atoms with Gasteiger partial charge in [-0.05, 0) is 43.7 Å². The number of thioether (sulfide) groups is 1. The average molecular weight is 410 g/mol. The summed E-state index contributed by atoms with van der Waals surface area (Å²) in [6.45, 7) is 4.78. The summed E-state index contributed by atoms with van der Waals surface area (Å²) in [6.07, 6.45) is 3.70. The Hall–Kier alpha value is -3.00. The number of ether oxygens (including phenoxy) is 1. The highest BCUT2D eigenvalue weighted by Crippen LogP contribution is 2.23. The summed E-state index contributed by atoms with van der Waals surface area (Å²) in [4.78, 5) is 28.4. The maximum atomic E-state index is 12.5. The second kappa shape index (κ2) is 9.97. The Bertz CT molecular complexity index is 989. The Morgan fingerprint density at radius 1 is 1.14 bits per heavy atom. The van der Waals surface area contributed by atoms with Crippen LogP contribution in [0.4, 0.5) is 0 Å². The number of nitrogens with zero attached hydrogens (tertiary/aromatic N) is 4. The molecule has 2 heterocycles. The summed E-state index contributed by atoms with van der Waals surface area (Å²) in [5, 5.41) is 9.19. The first-order valence-electron chi connectivity index (χ1n) is 9.36. The number of rotatable bonds is 9. The number of benzene rings is 1. The highest BCUT2D eigenvalue weighted by Gasteiger charge is 2.15. The fourth-order valence-corrected chi connectivity index (χ4v) is 3.70. The molecule has 7 nitrogen and oxygen atoms in total. The summed E-state index contributed by atoms with van der Waals surface area (Å²) in [5.41, 5.74) is 2.13. The SMILES string of the molecule is CCOC(=O)c1cccc(CC(=O)CSc2nnc(-c3cccnc3)n2CC)c1. The molecule has 0 saturated carbocycles. The molecular formula is C21H22N4O3S. The summed E-state index contributed by atoms with van der Waals surface area (Å²) in [5.74, 6) is 0.673. The molecule has 0 aliphatic heterocycles. The molecule has 0 fully saturated rings. The molecule has 0 unspecified atom stereocenters. The van der Waals surface area contributed by atoms with Crippen molar-refractivity contribution in [2.75, 3.05) is 12.4 Å². The van der Waals surface area contributed by atoms with Gasteiger partial charge in [-0.15, -0.1) is 10.2 Å². The number of pyridine rings is 1. The van der Waals surface area contributed by atoms with Crippen LogP contribution in [-0.2, 0) is 22.5 Å². The van der Waals surface area contributed by atoms with Crippen LogP contribution >= 0.6 is 11.8 Å². The molecule has 0 aliphatic rings. The number of hydrogen-bond acceptors (Lipinski definition) is 7. The lowest BCUT2D eigenvalue weighted by Gasteiger charge is -2.07. The number of esters is 1. The minimum Gasteiger partial charge on any atom is -0.462 e. The third kappa shape index (κ3) is 5.29. The number of carbonyl (C=O) groups excluding carboxylic acids is 2. The van der Waals surface area contributed by atoms with Crippen LogP contribution in [0.1, 0.15) is 29.8 Å². The molecule has 0 bridgehead atoms. The van der Waals surface area contributed by atoms with Gasteiger partial charge in [0.25, 0.3) is 0 Å². The van der Waals surface area contributed by atoms with Crippen LogP contribution in [-0.4, -0.2) is 43.9 Å². The lowest BCUT2D eigenvalue weighted by atomic mass is 10.1. The first kappa shape index (κ1) is 20.7. The second-order valence-electron chi connectivity index (χ2n) is 6.22. The standard InChI is InChI=1S/C21H22N4O3S/c1-3-25-19(17-9-6-10-22-13-17)23-24-21(25)29-14-18(26)12-15-7-5-8-16(11-15)20(27)28-4-2/h5-11,13H,3-4,12,14H2,1-2H3. The van der Waals surface area contributed by atoms with Gasteiger partial charge in [-0.25, -0.2) is 4.79 Å². The molecule has 150 valence electrons. The van der Waals surface area contributed by atoms with Crippen molar-refractivity contribution in [2.45, 2.75) is 32.0 Å². The predicted molar refractivity (Wildman–Crippen MR) is 111 cm³/mol. The van der Waals surface area contributed by atoms with Gasteiger partial charge < -0.3 is 9.30 Å². The number of Topliss-reactive ketones (excluding diaryl/α,β-unsaturated/α-hetero) is 1. The Balaban J connectivity index is 1.64. The van der Waals surface area contributed by atoms with E-state index in [1.165, 1.54) is 11.8 Å². The van der Waals surface area contributed by atoms with Gasteiger partial charge >= 0.3 is 5.97 Å². The van der Waals surface area contributed by atoms with Gasteiger partial charge in [-0.3, -0.25) is 9.78 Å². The summed E-state index contributed by atoms with van der Waals surface area (Å²) < 4.78 is 6.98. The fraction of sp³-hybridized carbons (Fsp3) is 0.286. The van der Waals surface area contributed by atoms with Crippen molar-refractivity contribution >= 4 is 23.5 Å². The van der Waals surface area contributed by atoms with E-state index in [9.17, 15) is 9.59 Å². The summed E-state index contributed by atoms with van der Waals surface area (Å²) >= 11 is 1.36. The highest BCUT2D eigenvalue weighted by molar-refractivity contribution is 7.99. The molecule has 29 heavy (non-hydrogen) atoms. The monoisotopic (exact) mass is 410 g/mol. The fourth-order valence-electron chi connectivity index (χ4n) is 2.84. The number of hydrogen-bond donors (Lipinski definition) is 0. The molecule has 2 aromatic heterocycles. The number of ketones is 1. The van der Waals surface area contributed by atoms with Gasteiger partial charge in [0.2, 0.25) is 0 Å². The van der Waals surface area contributed by atoms with E-state index in [-0.39, 0.29) is 23.9 Å². The largest absolute Gasteiger partial charge is 0.462 e. The summed E-state index contributed by atoms with van der Waals surface area (Å²) in [6, 6.07) is 10.8. The zero-order chi connectivity index (χ0) is 20.6. The van der Waals surface area contributed by atoms with Crippen molar-refractivity contribution in [1.29, 1.82) is 0 Å². The minimum atomic E-state index is -0.379. The van der Waals surface area contributed by atoms with E-state index in [2.05, 4.69) is 15.2 Å². The van der Waals surface area contributed by atoms with Gasteiger partial charge in [-0.1, -0.05) is 23.9 Å². The van der Waals surface area contributed by atoms with E-state index < -0.39 is 0 Å². The smallest absolute Gasteiger partial charge is 0.338 e. The van der Waals surface area contributed by atoms with Crippen LogP contribution in [0.25, 0.3) is 11.4 Å². The van der Waals surface area contributed by atoms with Gasteiger partial charge in [0.1, 0.15) is 5.78 Å². The quantitative estimate of drug-likeness (QED) is 0.394. The van der Waals surface area contributed by atoms with Crippen LogP contribution in [0.5, 0.6) is 0 Å². The van der Waals surface area contributed by atoms with Crippen LogP contribution in [0.2, 0.25) is 0 Å². The van der Waals surface area contributed by atoms with Gasteiger partial charge in [0.05, 0.1) is 17.9 Å². The maximum absolute atomic E-state index is 12.5. The molecule has 0 amide bonds. The van der Waals surface area contributed by atoms with Gasteiger partial charge in [0.15, 0.2) is 11.0 Å². The Kier molecular flexibility index (Phi) is 7.13. The van der Waals surface area contributed by atoms with Crippen LogP contribution in [0, 0.1) is 0 Å². The van der Waals surface area contributed by atoms with E-state index in [1.54, 1.807) is 37.5 Å². The van der Waals surface area contributed by atoms with Crippen molar-refractivity contribution in [1.82, 2.24) is 19.7 Å². The maximum Gasteiger partial charge on any atom is 0.338 e. The van der Waals surface area contributed by atoms with Crippen molar-refractivity contribution in [2.24, 2.45) is 0 Å². The molecule has 0 atom stereocenters. The van der Waals surface area contributed by atoms with Crippen molar-refractivity contribution in [3.05, 3.63) is 59.9 Å². The zero-order valence-electron chi connectivity index (χ0n) is 16.4. The molecule has 3 aromatic rings. The number of carbonyl (C=O) groups is 2. The van der Waals surface area contributed by atoms with Crippen molar-refractivity contribution < 1.29 is 14.3 Å². The van der Waals surface area contributed by atoms with Crippen molar-refractivity contribution in [3.63, 3.8) is 0 Å². The molecule has 0 aliphatic carbocycles. The second-order valence-corrected chi connectivity index (χ2v) is 7.16. The van der Waals surface area contributed by atoms with Crippen molar-refractivity contribution in [3.8, 4) is 11.4 Å². The van der Waals surface area contributed by atoms with Crippen LogP contribution < -0.4 is 0 Å². The van der Waals surface area contributed by atoms with E-state index >= 15 is 0 Å². The van der Waals surface area contributed by atoms with E-state index in [4.69, 9.17) is 4.74 Å².